The molecule has 0 fully saturated rings. The van der Waals surface area contributed by atoms with Gasteiger partial charge in [-0.15, -0.1) is 0 Å². The van der Waals surface area contributed by atoms with Crippen LogP contribution < -0.4 is 9.47 Å². The molecule has 0 aliphatic rings. The number of imidazole rings is 1. The number of nitrogens with zero attached hydrogens (tertiary/aromatic N) is 2. The van der Waals surface area contributed by atoms with Crippen LogP contribution in [0.15, 0.2) is 72.8 Å². The molecule has 0 N–H and O–H groups in total. The van der Waals surface area contributed by atoms with E-state index in [4.69, 9.17) is 26.1 Å². The van der Waals surface area contributed by atoms with Gasteiger partial charge in [0.2, 0.25) is 0 Å². The number of para-hydroxylation sites is 2. The molecule has 0 amide bonds. The van der Waals surface area contributed by atoms with Gasteiger partial charge < -0.3 is 14.0 Å². The summed E-state index contributed by atoms with van der Waals surface area (Å²) in [7, 11) is 1.64. The van der Waals surface area contributed by atoms with Gasteiger partial charge in [-0.3, -0.25) is 0 Å². The lowest BCUT2D eigenvalue weighted by atomic mass is 10.2. The van der Waals surface area contributed by atoms with Crippen LogP contribution >= 0.6 is 11.6 Å². The minimum absolute atomic E-state index is 0.370. The molecule has 4 nitrogen and oxygen atoms in total. The molecule has 0 unspecified atom stereocenters. The first-order valence-corrected chi connectivity index (χ1v) is 9.06. The molecule has 0 saturated heterocycles. The van der Waals surface area contributed by atoms with Gasteiger partial charge in [-0.1, -0.05) is 41.9 Å². The number of benzene rings is 3. The molecule has 0 saturated carbocycles. The summed E-state index contributed by atoms with van der Waals surface area (Å²) in [5.41, 5.74) is 3.19. The van der Waals surface area contributed by atoms with Crippen LogP contribution in [-0.4, -0.2) is 16.7 Å². The topological polar surface area (TPSA) is 36.3 Å². The highest BCUT2D eigenvalue weighted by atomic mass is 35.5. The summed E-state index contributed by atoms with van der Waals surface area (Å²) in [5.74, 6) is 2.38. The normalized spacial score (nSPS) is 10.9. The summed E-state index contributed by atoms with van der Waals surface area (Å²) >= 11 is 6.01. The first-order chi connectivity index (χ1) is 13.2. The Balaban J connectivity index is 1.64. The zero-order chi connectivity index (χ0) is 18.6. The van der Waals surface area contributed by atoms with Gasteiger partial charge in [0.1, 0.15) is 23.9 Å². The summed E-state index contributed by atoms with van der Waals surface area (Å²) in [6.45, 7) is 1.07. The van der Waals surface area contributed by atoms with Crippen molar-refractivity contribution in [1.29, 1.82) is 0 Å². The summed E-state index contributed by atoms with van der Waals surface area (Å²) in [4.78, 5) is 4.76. The quantitative estimate of drug-likeness (QED) is 0.455. The summed E-state index contributed by atoms with van der Waals surface area (Å²) in [6, 6.07) is 23.6. The molecule has 5 heteroatoms. The summed E-state index contributed by atoms with van der Waals surface area (Å²) < 4.78 is 13.4. The highest BCUT2D eigenvalue weighted by Gasteiger charge is 2.12. The van der Waals surface area contributed by atoms with E-state index >= 15 is 0 Å². The number of hydrogen-bond acceptors (Lipinski definition) is 3. The predicted octanol–water partition coefficient (Wildman–Crippen LogP) is 5.33. The van der Waals surface area contributed by atoms with E-state index in [1.54, 1.807) is 7.11 Å². The van der Waals surface area contributed by atoms with Gasteiger partial charge in [0.25, 0.3) is 0 Å². The Labute approximate surface area is 162 Å². The average Bonchev–Trinajstić information content (AvgIpc) is 3.06. The molecule has 27 heavy (non-hydrogen) atoms. The number of methoxy groups -OCH3 is 1. The van der Waals surface area contributed by atoms with Gasteiger partial charge in [0.05, 0.1) is 18.1 Å². The molecule has 0 bridgehead atoms. The van der Waals surface area contributed by atoms with E-state index in [1.807, 2.05) is 66.7 Å². The maximum atomic E-state index is 6.01. The Morgan fingerprint density at radius 1 is 0.926 bits per heavy atom. The molecule has 4 rings (SSSR count). The molecule has 0 atom stereocenters. The van der Waals surface area contributed by atoms with E-state index in [1.165, 1.54) is 0 Å². The molecule has 0 radical (unpaired) electrons. The number of halogens is 1. The number of fused-ring (bicyclic) bond motifs is 1. The van der Waals surface area contributed by atoms with Crippen LogP contribution in [0.5, 0.6) is 11.5 Å². The van der Waals surface area contributed by atoms with Crippen LogP contribution in [0, 0.1) is 0 Å². The van der Waals surface area contributed by atoms with Gasteiger partial charge in [-0.25, -0.2) is 4.98 Å². The molecule has 0 aliphatic heterocycles. The van der Waals surface area contributed by atoms with Crippen molar-refractivity contribution in [2.75, 3.05) is 7.11 Å². The largest absolute Gasteiger partial charge is 0.497 e. The summed E-state index contributed by atoms with van der Waals surface area (Å²) in [6.07, 6.45) is 0. The third kappa shape index (κ3) is 3.91. The lowest BCUT2D eigenvalue weighted by Gasteiger charge is -2.11. The lowest BCUT2D eigenvalue weighted by molar-refractivity contribution is 0.289. The van der Waals surface area contributed by atoms with Crippen molar-refractivity contribution in [1.82, 2.24) is 9.55 Å². The number of ether oxygens (including phenoxy) is 2. The highest BCUT2D eigenvalue weighted by molar-refractivity contribution is 6.30. The zero-order valence-corrected chi connectivity index (χ0v) is 15.7. The molecule has 1 aromatic heterocycles. The second-order valence-corrected chi connectivity index (χ2v) is 6.63. The van der Waals surface area contributed by atoms with Gasteiger partial charge in [-0.2, -0.15) is 0 Å². The average molecular weight is 379 g/mol. The van der Waals surface area contributed by atoms with E-state index in [0.29, 0.717) is 13.2 Å². The first-order valence-electron chi connectivity index (χ1n) is 8.68. The number of hydrogen-bond donors (Lipinski definition) is 0. The van der Waals surface area contributed by atoms with Crippen molar-refractivity contribution in [3.63, 3.8) is 0 Å². The predicted molar refractivity (Wildman–Crippen MR) is 108 cm³/mol. The Morgan fingerprint density at radius 2 is 1.70 bits per heavy atom. The lowest BCUT2D eigenvalue weighted by Crippen LogP contribution is -2.08. The molecular weight excluding hydrogens is 360 g/mol. The van der Waals surface area contributed by atoms with Gasteiger partial charge in [-0.05, 0) is 42.0 Å². The first kappa shape index (κ1) is 17.4. The third-order valence-electron chi connectivity index (χ3n) is 4.40. The van der Waals surface area contributed by atoms with Gasteiger partial charge in [0.15, 0.2) is 0 Å². The van der Waals surface area contributed by atoms with Crippen LogP contribution in [0.4, 0.5) is 0 Å². The molecular formula is C22H19ClN2O2. The van der Waals surface area contributed by atoms with Crippen LogP contribution in [0.1, 0.15) is 11.4 Å². The second-order valence-electron chi connectivity index (χ2n) is 6.20. The van der Waals surface area contributed by atoms with E-state index in [2.05, 4.69) is 10.6 Å². The highest BCUT2D eigenvalue weighted by Crippen LogP contribution is 2.22. The van der Waals surface area contributed by atoms with Crippen molar-refractivity contribution >= 4 is 22.6 Å². The molecule has 0 spiro atoms. The van der Waals surface area contributed by atoms with E-state index in [9.17, 15) is 0 Å². The van der Waals surface area contributed by atoms with Crippen molar-refractivity contribution < 1.29 is 9.47 Å². The van der Waals surface area contributed by atoms with Crippen LogP contribution in [0.3, 0.4) is 0 Å². The van der Waals surface area contributed by atoms with Crippen molar-refractivity contribution in [3.05, 3.63) is 89.2 Å². The van der Waals surface area contributed by atoms with Crippen LogP contribution in [0.2, 0.25) is 5.02 Å². The van der Waals surface area contributed by atoms with Gasteiger partial charge >= 0.3 is 0 Å². The smallest absolute Gasteiger partial charge is 0.148 e. The fraction of sp³-hybridized carbons (Fsp3) is 0.136. The van der Waals surface area contributed by atoms with E-state index in [0.717, 1.165) is 38.9 Å². The van der Waals surface area contributed by atoms with E-state index in [-0.39, 0.29) is 0 Å². The van der Waals surface area contributed by atoms with Crippen LogP contribution in [0.25, 0.3) is 11.0 Å². The zero-order valence-electron chi connectivity index (χ0n) is 14.9. The Bertz CT molecular complexity index is 1060. The van der Waals surface area contributed by atoms with Crippen molar-refractivity contribution in [3.8, 4) is 11.5 Å². The second kappa shape index (κ2) is 7.72. The SMILES string of the molecule is COc1cccc(OCc2nc3ccccc3n2Cc2ccc(Cl)cc2)c1. The maximum absolute atomic E-state index is 6.01. The Hall–Kier alpha value is -2.98. The monoisotopic (exact) mass is 378 g/mol. The standard InChI is InChI=1S/C22H19ClN2O2/c1-26-18-5-4-6-19(13-18)27-15-22-24-20-7-2-3-8-21(20)25(22)14-16-9-11-17(23)12-10-16/h2-13H,14-15H2,1H3. The van der Waals surface area contributed by atoms with Crippen LogP contribution in [-0.2, 0) is 13.2 Å². The number of aromatic nitrogens is 2. The maximum Gasteiger partial charge on any atom is 0.148 e. The minimum Gasteiger partial charge on any atom is -0.497 e. The molecule has 3 aromatic carbocycles. The van der Waals surface area contributed by atoms with Crippen molar-refractivity contribution in [2.45, 2.75) is 13.2 Å². The Morgan fingerprint density at radius 3 is 2.52 bits per heavy atom. The third-order valence-corrected chi connectivity index (χ3v) is 4.65. The molecule has 4 aromatic rings. The fourth-order valence-electron chi connectivity index (χ4n) is 3.02. The summed E-state index contributed by atoms with van der Waals surface area (Å²) in [5, 5.41) is 0.732. The van der Waals surface area contributed by atoms with Gasteiger partial charge in [0, 0.05) is 17.6 Å². The fourth-order valence-corrected chi connectivity index (χ4v) is 3.15. The minimum atomic E-state index is 0.370. The molecule has 1 heterocycles. The number of rotatable bonds is 6. The van der Waals surface area contributed by atoms with Crippen molar-refractivity contribution in [2.24, 2.45) is 0 Å². The molecule has 136 valence electrons. The van der Waals surface area contributed by atoms with E-state index < -0.39 is 0 Å². The molecule has 0 aliphatic carbocycles. The Kier molecular flexibility index (Phi) is 4.99.